The zero-order valence-electron chi connectivity index (χ0n) is 14.3. The van der Waals surface area contributed by atoms with Gasteiger partial charge in [0.05, 0.1) is 0 Å². The van der Waals surface area contributed by atoms with E-state index in [-0.39, 0.29) is 0 Å². The van der Waals surface area contributed by atoms with E-state index in [9.17, 15) is 0 Å². The molecule has 0 N–H and O–H groups in total. The number of ether oxygens (including phenoxy) is 1. The van der Waals surface area contributed by atoms with Crippen molar-refractivity contribution in [3.05, 3.63) is 36.4 Å². The molecule has 1 fully saturated rings. The van der Waals surface area contributed by atoms with Gasteiger partial charge in [-0.2, -0.15) is 0 Å². The number of allylic oxidation sites excluding steroid dienone is 1. The summed E-state index contributed by atoms with van der Waals surface area (Å²) in [5.41, 5.74) is 2.45. The Bertz CT molecular complexity index is 463. The summed E-state index contributed by atoms with van der Waals surface area (Å²) in [6.45, 7) is 11.9. The molecule has 0 aliphatic carbocycles. The van der Waals surface area contributed by atoms with Crippen molar-refractivity contribution in [3.8, 4) is 5.75 Å². The van der Waals surface area contributed by atoms with Crippen molar-refractivity contribution in [1.82, 2.24) is 4.90 Å². The van der Waals surface area contributed by atoms with Crippen LogP contribution in [-0.2, 0) is 0 Å². The zero-order valence-corrected chi connectivity index (χ0v) is 14.3. The van der Waals surface area contributed by atoms with Crippen molar-refractivity contribution >= 4 is 5.57 Å². The molecule has 1 saturated heterocycles. The molecule has 1 unspecified atom stereocenters. The number of likely N-dealkylation sites (tertiary alicyclic amines) is 1. The van der Waals surface area contributed by atoms with Crippen molar-refractivity contribution in [2.24, 2.45) is 0 Å². The van der Waals surface area contributed by atoms with Crippen LogP contribution in [-0.4, -0.2) is 30.6 Å². The molecule has 2 heteroatoms. The number of benzene rings is 1. The lowest BCUT2D eigenvalue weighted by atomic mass is 10.0. The molecular formula is C20H31NO. The standard InChI is InChI=1S/C20H31NO/c1-4-5-6-10-17(2)19-11-9-12-20(15-19)22-16-18(3)21-13-7-8-14-21/h9,11-12,15,18H,2,4-8,10,13-14,16H2,1,3H3. The molecule has 22 heavy (non-hydrogen) atoms. The maximum atomic E-state index is 6.01. The van der Waals surface area contributed by atoms with Gasteiger partial charge in [-0.15, -0.1) is 0 Å². The largest absolute Gasteiger partial charge is 0.492 e. The van der Waals surface area contributed by atoms with E-state index in [4.69, 9.17) is 4.74 Å². The van der Waals surface area contributed by atoms with Crippen LogP contribution in [0.15, 0.2) is 30.8 Å². The highest BCUT2D eigenvalue weighted by atomic mass is 16.5. The van der Waals surface area contributed by atoms with Crippen LogP contribution in [0.25, 0.3) is 5.57 Å². The summed E-state index contributed by atoms with van der Waals surface area (Å²) in [4.78, 5) is 2.52. The van der Waals surface area contributed by atoms with E-state index in [0.29, 0.717) is 6.04 Å². The molecule has 1 aromatic rings. The normalized spacial score (nSPS) is 16.6. The second-order valence-corrected chi connectivity index (χ2v) is 6.49. The molecule has 0 aromatic heterocycles. The second-order valence-electron chi connectivity index (χ2n) is 6.49. The highest BCUT2D eigenvalue weighted by molar-refractivity contribution is 5.64. The van der Waals surface area contributed by atoms with E-state index in [1.807, 2.05) is 0 Å². The first kappa shape index (κ1) is 17.1. The van der Waals surface area contributed by atoms with Crippen LogP contribution in [0, 0.1) is 0 Å². The van der Waals surface area contributed by atoms with Crippen molar-refractivity contribution in [1.29, 1.82) is 0 Å². The lowest BCUT2D eigenvalue weighted by molar-refractivity contribution is 0.172. The Morgan fingerprint density at radius 3 is 2.77 bits per heavy atom. The van der Waals surface area contributed by atoms with E-state index >= 15 is 0 Å². The number of hydrogen-bond acceptors (Lipinski definition) is 2. The maximum absolute atomic E-state index is 6.01. The average molecular weight is 301 g/mol. The second kappa shape index (κ2) is 8.99. The van der Waals surface area contributed by atoms with E-state index in [1.54, 1.807) is 0 Å². The predicted molar refractivity (Wildman–Crippen MR) is 95.4 cm³/mol. The number of hydrogen-bond donors (Lipinski definition) is 0. The number of nitrogens with zero attached hydrogens (tertiary/aromatic N) is 1. The Morgan fingerprint density at radius 2 is 2.05 bits per heavy atom. The van der Waals surface area contributed by atoms with Gasteiger partial charge in [0.15, 0.2) is 0 Å². The fraction of sp³-hybridized carbons (Fsp3) is 0.600. The molecule has 1 heterocycles. The SMILES string of the molecule is C=C(CCCCC)c1cccc(OCC(C)N2CCCC2)c1. The molecule has 0 saturated carbocycles. The van der Waals surface area contributed by atoms with Gasteiger partial charge in [-0.1, -0.05) is 38.5 Å². The fourth-order valence-corrected chi connectivity index (χ4v) is 3.04. The van der Waals surface area contributed by atoms with Crippen LogP contribution in [0.2, 0.25) is 0 Å². The summed E-state index contributed by atoms with van der Waals surface area (Å²) in [5, 5.41) is 0. The molecule has 0 bridgehead atoms. The molecule has 0 amide bonds. The summed E-state index contributed by atoms with van der Waals surface area (Å²) >= 11 is 0. The topological polar surface area (TPSA) is 12.5 Å². The Kier molecular flexibility index (Phi) is 6.98. The minimum absolute atomic E-state index is 0.499. The molecule has 2 rings (SSSR count). The number of rotatable bonds is 9. The van der Waals surface area contributed by atoms with Crippen LogP contribution in [0.1, 0.15) is 57.9 Å². The molecule has 2 nitrogen and oxygen atoms in total. The first-order chi connectivity index (χ1) is 10.7. The third-order valence-corrected chi connectivity index (χ3v) is 4.58. The maximum Gasteiger partial charge on any atom is 0.119 e. The smallest absolute Gasteiger partial charge is 0.119 e. The Morgan fingerprint density at radius 1 is 1.27 bits per heavy atom. The first-order valence-corrected chi connectivity index (χ1v) is 8.85. The molecule has 0 spiro atoms. The van der Waals surface area contributed by atoms with Crippen molar-refractivity contribution in [2.75, 3.05) is 19.7 Å². The zero-order chi connectivity index (χ0) is 15.8. The fourth-order valence-electron chi connectivity index (χ4n) is 3.04. The minimum atomic E-state index is 0.499. The highest BCUT2D eigenvalue weighted by Crippen LogP contribution is 2.23. The monoisotopic (exact) mass is 301 g/mol. The van der Waals surface area contributed by atoms with Crippen molar-refractivity contribution in [3.63, 3.8) is 0 Å². The minimum Gasteiger partial charge on any atom is -0.492 e. The average Bonchev–Trinajstić information content (AvgIpc) is 3.07. The van der Waals surface area contributed by atoms with Crippen LogP contribution in [0.3, 0.4) is 0 Å². The van der Waals surface area contributed by atoms with Gasteiger partial charge in [0.1, 0.15) is 12.4 Å². The first-order valence-electron chi connectivity index (χ1n) is 8.85. The summed E-state index contributed by atoms with van der Waals surface area (Å²) < 4.78 is 6.01. The Hall–Kier alpha value is -1.28. The van der Waals surface area contributed by atoms with Crippen molar-refractivity contribution < 1.29 is 4.74 Å². The summed E-state index contributed by atoms with van der Waals surface area (Å²) in [6.07, 6.45) is 7.51. The van der Waals surface area contributed by atoms with Crippen LogP contribution >= 0.6 is 0 Å². The van der Waals surface area contributed by atoms with Crippen molar-refractivity contribution in [2.45, 2.75) is 58.4 Å². The van der Waals surface area contributed by atoms with Gasteiger partial charge in [-0.05, 0) is 69.0 Å². The molecule has 1 aromatic carbocycles. The van der Waals surface area contributed by atoms with Gasteiger partial charge in [0.25, 0.3) is 0 Å². The Balaban J connectivity index is 1.83. The van der Waals surface area contributed by atoms with Gasteiger partial charge < -0.3 is 4.74 Å². The molecule has 1 aliphatic heterocycles. The molecular weight excluding hydrogens is 270 g/mol. The third-order valence-electron chi connectivity index (χ3n) is 4.58. The predicted octanol–water partition coefficient (Wildman–Crippen LogP) is 5.14. The van der Waals surface area contributed by atoms with E-state index in [1.165, 1.54) is 56.3 Å². The lowest BCUT2D eigenvalue weighted by Crippen LogP contribution is -2.34. The van der Waals surface area contributed by atoms with Gasteiger partial charge in [0.2, 0.25) is 0 Å². The molecule has 1 atom stereocenters. The number of unbranched alkanes of at least 4 members (excludes halogenated alkanes) is 2. The van der Waals surface area contributed by atoms with Crippen LogP contribution in [0.4, 0.5) is 0 Å². The summed E-state index contributed by atoms with van der Waals surface area (Å²) in [6, 6.07) is 8.92. The van der Waals surface area contributed by atoms with Gasteiger partial charge in [0, 0.05) is 6.04 Å². The quantitative estimate of drug-likeness (QED) is 0.585. The third kappa shape index (κ3) is 5.17. The summed E-state index contributed by atoms with van der Waals surface area (Å²) in [7, 11) is 0. The van der Waals surface area contributed by atoms with Crippen LogP contribution < -0.4 is 4.74 Å². The van der Waals surface area contributed by atoms with E-state index in [2.05, 4.69) is 49.6 Å². The van der Waals surface area contributed by atoms with E-state index in [0.717, 1.165) is 18.8 Å². The van der Waals surface area contributed by atoms with Crippen LogP contribution in [0.5, 0.6) is 5.75 Å². The highest BCUT2D eigenvalue weighted by Gasteiger charge is 2.18. The summed E-state index contributed by atoms with van der Waals surface area (Å²) in [5.74, 6) is 0.972. The molecule has 1 aliphatic rings. The molecule has 122 valence electrons. The van der Waals surface area contributed by atoms with Gasteiger partial charge >= 0.3 is 0 Å². The lowest BCUT2D eigenvalue weighted by Gasteiger charge is -2.23. The van der Waals surface area contributed by atoms with Gasteiger partial charge in [-0.25, -0.2) is 0 Å². The van der Waals surface area contributed by atoms with Gasteiger partial charge in [-0.3, -0.25) is 4.90 Å². The molecule has 0 radical (unpaired) electrons. The Labute approximate surface area is 136 Å². The van der Waals surface area contributed by atoms with E-state index < -0.39 is 0 Å².